The number of phosphoric acid groups is 1. The maximum Gasteiger partial charge on any atom is 0.472 e. The smallest absolute Gasteiger partial charge is 0.391 e. The van der Waals surface area contributed by atoms with Gasteiger partial charge in [0.25, 0.3) is 0 Å². The molecule has 0 heterocycles. The van der Waals surface area contributed by atoms with Crippen LogP contribution >= 0.6 is 7.82 Å². The van der Waals surface area contributed by atoms with Gasteiger partial charge in [0.2, 0.25) is 5.91 Å². The third-order valence-corrected chi connectivity index (χ3v) is 12.7. The highest BCUT2D eigenvalue weighted by Crippen LogP contribution is 2.43. The SMILES string of the molecule is CC/C=C\C/C=C\C/C=C\C/C=C\C/C=C\C/C=C\CCC(=O)NC(COP(=O)(O)OCC[N+](C)(C)C)C(O)CCCCCCCCCCCCCCCCCCCCCCCCCC. The van der Waals surface area contributed by atoms with Crippen molar-refractivity contribution in [3.63, 3.8) is 0 Å². The number of phosphoric ester groups is 1. The van der Waals surface area contributed by atoms with E-state index in [1.54, 1.807) is 0 Å². The van der Waals surface area contributed by atoms with Crippen molar-refractivity contribution in [2.75, 3.05) is 40.9 Å². The number of rotatable bonds is 48. The first-order valence-electron chi connectivity index (χ1n) is 26.8. The van der Waals surface area contributed by atoms with E-state index < -0.39 is 20.0 Å². The lowest BCUT2D eigenvalue weighted by atomic mass is 10.0. The minimum absolute atomic E-state index is 0.0579. The summed E-state index contributed by atoms with van der Waals surface area (Å²) in [5, 5.41) is 14.0. The van der Waals surface area contributed by atoms with Gasteiger partial charge in [-0.15, -0.1) is 0 Å². The molecule has 8 nitrogen and oxygen atoms in total. The number of allylic oxidation sites excluding steroid dienone is 12. The predicted molar refractivity (Wildman–Crippen MR) is 281 cm³/mol. The summed E-state index contributed by atoms with van der Waals surface area (Å²) >= 11 is 0. The number of hydrogen-bond acceptors (Lipinski definition) is 5. The van der Waals surface area contributed by atoms with Crippen LogP contribution in [0.4, 0.5) is 0 Å². The fourth-order valence-electron chi connectivity index (χ4n) is 7.54. The predicted octanol–water partition coefficient (Wildman–Crippen LogP) is 15.9. The molecule has 0 rings (SSSR count). The Labute approximate surface area is 402 Å². The van der Waals surface area contributed by atoms with E-state index in [1.807, 2.05) is 27.2 Å². The van der Waals surface area contributed by atoms with Gasteiger partial charge in [0.15, 0.2) is 0 Å². The lowest BCUT2D eigenvalue weighted by Gasteiger charge is -2.26. The van der Waals surface area contributed by atoms with Gasteiger partial charge in [0.1, 0.15) is 13.2 Å². The number of carbonyl (C=O) groups is 1. The molecule has 0 aromatic rings. The first kappa shape index (κ1) is 62.9. The van der Waals surface area contributed by atoms with Crippen molar-refractivity contribution in [3.8, 4) is 0 Å². The van der Waals surface area contributed by atoms with E-state index in [0.29, 0.717) is 23.9 Å². The Kier molecular flexibility index (Phi) is 45.5. The van der Waals surface area contributed by atoms with Crippen LogP contribution in [0.25, 0.3) is 0 Å². The molecule has 0 aromatic carbocycles. The Bertz CT molecular complexity index is 1290. The topological polar surface area (TPSA) is 105 Å². The number of aliphatic hydroxyl groups is 1. The second-order valence-electron chi connectivity index (χ2n) is 19.2. The zero-order chi connectivity index (χ0) is 47.8. The van der Waals surface area contributed by atoms with Crippen LogP contribution in [0, 0.1) is 0 Å². The third kappa shape index (κ3) is 49.7. The van der Waals surface area contributed by atoms with E-state index in [-0.39, 0.29) is 25.5 Å². The number of likely N-dealkylation sites (N-methyl/N-ethyl adjacent to an activating group) is 1. The Balaban J connectivity index is 4.32. The maximum atomic E-state index is 12.9. The van der Waals surface area contributed by atoms with Crippen LogP contribution < -0.4 is 5.32 Å². The highest BCUT2D eigenvalue weighted by atomic mass is 31.2. The average Bonchev–Trinajstić information content (AvgIpc) is 3.26. The van der Waals surface area contributed by atoms with Crippen LogP contribution in [0.15, 0.2) is 72.9 Å². The molecule has 0 aliphatic rings. The van der Waals surface area contributed by atoms with Crippen LogP contribution in [0.1, 0.15) is 226 Å². The number of unbranched alkanes of at least 4 members (excludes halogenated alkanes) is 23. The van der Waals surface area contributed by atoms with E-state index in [2.05, 4.69) is 86.0 Å². The number of quaternary nitrogens is 1. The molecule has 0 aromatic heterocycles. The van der Waals surface area contributed by atoms with Crippen LogP contribution in [0.3, 0.4) is 0 Å². The molecule has 9 heteroatoms. The molecule has 0 saturated heterocycles. The normalized spacial score (nSPS) is 14.6. The zero-order valence-electron chi connectivity index (χ0n) is 43.0. The number of amides is 1. The van der Waals surface area contributed by atoms with Crippen molar-refractivity contribution in [2.24, 2.45) is 0 Å². The van der Waals surface area contributed by atoms with Gasteiger partial charge in [0.05, 0.1) is 39.9 Å². The van der Waals surface area contributed by atoms with E-state index in [4.69, 9.17) is 9.05 Å². The van der Waals surface area contributed by atoms with Crippen LogP contribution in [0.2, 0.25) is 0 Å². The molecule has 0 fully saturated rings. The summed E-state index contributed by atoms with van der Waals surface area (Å²) in [5.74, 6) is -0.226. The van der Waals surface area contributed by atoms with Gasteiger partial charge >= 0.3 is 7.82 Å². The molecule has 378 valence electrons. The Morgan fingerprint density at radius 2 is 0.892 bits per heavy atom. The molecule has 3 unspecified atom stereocenters. The maximum absolute atomic E-state index is 12.9. The average molecular weight is 932 g/mol. The Hall–Kier alpha value is -2.06. The number of nitrogens with one attached hydrogen (secondary N) is 1. The number of nitrogens with zero attached hydrogens (tertiary/aromatic N) is 1. The molecule has 1 amide bonds. The van der Waals surface area contributed by atoms with E-state index in [9.17, 15) is 19.4 Å². The van der Waals surface area contributed by atoms with Gasteiger partial charge in [-0.25, -0.2) is 4.57 Å². The first-order chi connectivity index (χ1) is 31.5. The molecule has 0 saturated carbocycles. The molecule has 3 atom stereocenters. The van der Waals surface area contributed by atoms with Crippen LogP contribution in [-0.2, 0) is 18.4 Å². The fraction of sp³-hybridized carbons (Fsp3) is 0.768. The third-order valence-electron chi connectivity index (χ3n) is 11.7. The lowest BCUT2D eigenvalue weighted by Crippen LogP contribution is -2.46. The highest BCUT2D eigenvalue weighted by molar-refractivity contribution is 7.47. The van der Waals surface area contributed by atoms with Gasteiger partial charge in [-0.05, 0) is 51.4 Å². The summed E-state index contributed by atoms with van der Waals surface area (Å²) in [6.07, 6.45) is 64.0. The molecule has 0 spiro atoms. The second kappa shape index (κ2) is 47.0. The molecule has 0 aliphatic heterocycles. The summed E-state index contributed by atoms with van der Waals surface area (Å²) in [6, 6.07) is -0.806. The first-order valence-corrected chi connectivity index (χ1v) is 28.3. The molecular formula is C56H104N2O6P+. The highest BCUT2D eigenvalue weighted by Gasteiger charge is 2.28. The van der Waals surface area contributed by atoms with Crippen molar-refractivity contribution in [2.45, 2.75) is 238 Å². The standard InChI is InChI=1S/C56H103N2O6P/c1-6-8-10-12-14-16-18-20-22-24-26-27-28-29-30-32-33-35-37-39-41-43-45-47-49-55(59)54(53-64-65(61,62)63-52-51-58(3,4)5)57-56(60)50-48-46-44-42-40-38-36-34-31-25-23-21-19-17-15-13-11-9-7-2/h9,11,15,17,21,23,31,34,38,40,44,46,54-55,59H,6-8,10,12-14,16,18-20,22,24-30,32-33,35-37,39,41-43,45,47-53H2,1-5H3,(H-,57,60,61,62)/p+1/b11-9-,17-15-,23-21-,34-31-,40-38-,46-44-. The minimum atomic E-state index is -4.35. The van der Waals surface area contributed by atoms with Crippen molar-refractivity contribution in [1.29, 1.82) is 0 Å². The summed E-state index contributed by atoms with van der Waals surface area (Å²) in [5.41, 5.74) is 0. The van der Waals surface area contributed by atoms with Crippen molar-refractivity contribution in [1.82, 2.24) is 5.32 Å². The molecule has 3 N–H and O–H groups in total. The Morgan fingerprint density at radius 3 is 1.26 bits per heavy atom. The summed E-state index contributed by atoms with van der Waals surface area (Å²) in [7, 11) is 1.56. The zero-order valence-corrected chi connectivity index (χ0v) is 43.9. The number of hydrogen-bond donors (Lipinski definition) is 3. The number of carbonyl (C=O) groups excluding carboxylic acids is 1. The van der Waals surface area contributed by atoms with E-state index in [1.165, 1.54) is 135 Å². The molecular weight excluding hydrogens is 828 g/mol. The van der Waals surface area contributed by atoms with Gasteiger partial charge < -0.3 is 19.8 Å². The van der Waals surface area contributed by atoms with Gasteiger partial charge in [-0.3, -0.25) is 13.8 Å². The summed E-state index contributed by atoms with van der Waals surface area (Å²) < 4.78 is 23.7. The lowest BCUT2D eigenvalue weighted by molar-refractivity contribution is -0.870. The van der Waals surface area contributed by atoms with Gasteiger partial charge in [-0.1, -0.05) is 241 Å². The van der Waals surface area contributed by atoms with Crippen LogP contribution in [-0.4, -0.2) is 73.4 Å². The fourth-order valence-corrected chi connectivity index (χ4v) is 8.28. The van der Waals surface area contributed by atoms with Gasteiger partial charge in [0, 0.05) is 6.42 Å². The quantitative estimate of drug-likeness (QED) is 0.0243. The molecule has 65 heavy (non-hydrogen) atoms. The minimum Gasteiger partial charge on any atom is -0.391 e. The van der Waals surface area contributed by atoms with Crippen molar-refractivity contribution < 1.29 is 32.9 Å². The molecule has 0 aliphatic carbocycles. The second-order valence-corrected chi connectivity index (χ2v) is 20.7. The summed E-state index contributed by atoms with van der Waals surface area (Å²) in [4.78, 5) is 23.2. The van der Waals surface area contributed by atoms with Crippen molar-refractivity contribution >= 4 is 13.7 Å². The van der Waals surface area contributed by atoms with E-state index in [0.717, 1.165) is 57.8 Å². The van der Waals surface area contributed by atoms with Crippen LogP contribution in [0.5, 0.6) is 0 Å². The summed E-state index contributed by atoms with van der Waals surface area (Å²) in [6.45, 7) is 4.73. The monoisotopic (exact) mass is 932 g/mol. The van der Waals surface area contributed by atoms with Crippen molar-refractivity contribution in [3.05, 3.63) is 72.9 Å². The number of aliphatic hydroxyl groups excluding tert-OH is 1. The molecule has 0 radical (unpaired) electrons. The molecule has 0 bridgehead atoms. The van der Waals surface area contributed by atoms with Gasteiger partial charge in [-0.2, -0.15) is 0 Å². The largest absolute Gasteiger partial charge is 0.472 e. The Morgan fingerprint density at radius 1 is 0.538 bits per heavy atom. The van der Waals surface area contributed by atoms with E-state index >= 15 is 0 Å².